The third-order valence-corrected chi connectivity index (χ3v) is 5.28. The summed E-state index contributed by atoms with van der Waals surface area (Å²) in [6.45, 7) is 4.48. The van der Waals surface area contributed by atoms with Gasteiger partial charge in [0.25, 0.3) is 5.91 Å². The van der Waals surface area contributed by atoms with E-state index in [4.69, 9.17) is 21.1 Å². The van der Waals surface area contributed by atoms with Crippen molar-refractivity contribution >= 4 is 23.5 Å². The van der Waals surface area contributed by atoms with Gasteiger partial charge in [-0.15, -0.1) is 0 Å². The van der Waals surface area contributed by atoms with Gasteiger partial charge in [-0.1, -0.05) is 23.7 Å². The molecule has 0 bridgehead atoms. The number of piperazine rings is 1. The number of amides is 1. The smallest absolute Gasteiger partial charge is 0.341 e. The Morgan fingerprint density at radius 1 is 1.17 bits per heavy atom. The second-order valence-electron chi connectivity index (χ2n) is 7.22. The zero-order valence-electron chi connectivity index (χ0n) is 16.9. The van der Waals surface area contributed by atoms with Crippen LogP contribution in [0.25, 0.3) is 0 Å². The van der Waals surface area contributed by atoms with Crippen molar-refractivity contribution in [3.8, 4) is 5.75 Å². The number of carbonyl (C=O) groups is 2. The molecule has 1 aliphatic heterocycles. The van der Waals surface area contributed by atoms with Gasteiger partial charge in [-0.2, -0.15) is 0 Å². The first-order chi connectivity index (χ1) is 14.4. The Morgan fingerprint density at radius 3 is 2.57 bits per heavy atom. The number of halogens is 2. The highest BCUT2D eigenvalue weighted by Gasteiger charge is 2.28. The fraction of sp³-hybridized carbons (Fsp3) is 0.364. The first kappa shape index (κ1) is 22.1. The van der Waals surface area contributed by atoms with E-state index in [1.807, 2.05) is 6.92 Å². The van der Waals surface area contributed by atoms with E-state index in [1.54, 1.807) is 29.2 Å². The van der Waals surface area contributed by atoms with Crippen molar-refractivity contribution in [3.05, 3.63) is 64.4 Å². The lowest BCUT2D eigenvalue weighted by atomic mass is 10.1. The summed E-state index contributed by atoms with van der Waals surface area (Å²) in [6.07, 6.45) is 0. The van der Waals surface area contributed by atoms with Crippen molar-refractivity contribution in [2.75, 3.05) is 33.4 Å². The number of rotatable bonds is 6. The quantitative estimate of drug-likeness (QED) is 0.652. The minimum Gasteiger partial charge on any atom is -0.483 e. The fourth-order valence-electron chi connectivity index (χ4n) is 3.52. The Hall–Kier alpha value is -2.64. The number of esters is 1. The van der Waals surface area contributed by atoms with E-state index in [2.05, 4.69) is 4.90 Å². The van der Waals surface area contributed by atoms with Gasteiger partial charge in [-0.05, 0) is 42.8 Å². The highest BCUT2D eigenvalue weighted by Crippen LogP contribution is 2.24. The zero-order valence-corrected chi connectivity index (χ0v) is 17.7. The fourth-order valence-corrected chi connectivity index (χ4v) is 3.69. The molecule has 0 saturated carbocycles. The number of ether oxygens (including phenoxy) is 2. The van der Waals surface area contributed by atoms with Crippen LogP contribution >= 0.6 is 11.6 Å². The van der Waals surface area contributed by atoms with E-state index in [-0.39, 0.29) is 35.7 Å². The summed E-state index contributed by atoms with van der Waals surface area (Å²) in [5.41, 5.74) is 1.21. The summed E-state index contributed by atoms with van der Waals surface area (Å²) in [6, 6.07) is 11.0. The summed E-state index contributed by atoms with van der Waals surface area (Å²) in [4.78, 5) is 28.6. The standard InChI is InChI=1S/C22H24ClFN2O4/c1-15-12-25(13-16-3-6-18(24)7-4-16)9-10-26(15)21(27)14-30-20-8-5-17(23)11-19(20)22(28)29-2/h3-8,11,15H,9-10,12-14H2,1-2H3. The molecule has 3 rings (SSSR count). The van der Waals surface area contributed by atoms with Gasteiger partial charge in [-0.25, -0.2) is 9.18 Å². The normalized spacial score (nSPS) is 16.9. The van der Waals surface area contributed by atoms with Gasteiger partial charge >= 0.3 is 5.97 Å². The van der Waals surface area contributed by atoms with Gasteiger partial charge in [0.2, 0.25) is 0 Å². The van der Waals surface area contributed by atoms with E-state index in [0.29, 0.717) is 31.2 Å². The molecule has 1 aliphatic rings. The van der Waals surface area contributed by atoms with Gasteiger partial charge in [0.1, 0.15) is 17.1 Å². The van der Waals surface area contributed by atoms with Crippen LogP contribution in [-0.2, 0) is 16.1 Å². The van der Waals surface area contributed by atoms with Crippen LogP contribution < -0.4 is 4.74 Å². The molecule has 1 fully saturated rings. The molecule has 6 nitrogen and oxygen atoms in total. The largest absolute Gasteiger partial charge is 0.483 e. The minimum atomic E-state index is -0.581. The maximum atomic E-state index is 13.1. The molecule has 2 aromatic carbocycles. The van der Waals surface area contributed by atoms with Crippen LogP contribution in [0.5, 0.6) is 5.75 Å². The number of methoxy groups -OCH3 is 1. The van der Waals surface area contributed by atoms with Crippen LogP contribution in [0.4, 0.5) is 4.39 Å². The van der Waals surface area contributed by atoms with Gasteiger partial charge in [0.15, 0.2) is 6.61 Å². The lowest BCUT2D eigenvalue weighted by Crippen LogP contribution is -2.54. The average Bonchev–Trinajstić information content (AvgIpc) is 2.73. The van der Waals surface area contributed by atoms with Crippen molar-refractivity contribution in [1.29, 1.82) is 0 Å². The van der Waals surface area contributed by atoms with Gasteiger partial charge in [0.05, 0.1) is 7.11 Å². The highest BCUT2D eigenvalue weighted by atomic mass is 35.5. The molecule has 1 saturated heterocycles. The van der Waals surface area contributed by atoms with Crippen LogP contribution in [0.2, 0.25) is 5.02 Å². The van der Waals surface area contributed by atoms with Crippen molar-refractivity contribution in [3.63, 3.8) is 0 Å². The zero-order chi connectivity index (χ0) is 21.7. The molecule has 1 heterocycles. The van der Waals surface area contributed by atoms with E-state index in [1.165, 1.54) is 25.3 Å². The molecule has 0 N–H and O–H groups in total. The van der Waals surface area contributed by atoms with Crippen LogP contribution in [0, 0.1) is 5.82 Å². The van der Waals surface area contributed by atoms with Crippen molar-refractivity contribution in [2.45, 2.75) is 19.5 Å². The third-order valence-electron chi connectivity index (χ3n) is 5.05. The molecule has 0 aliphatic carbocycles. The van der Waals surface area contributed by atoms with Crippen LogP contribution in [-0.4, -0.2) is 61.1 Å². The number of carbonyl (C=O) groups excluding carboxylic acids is 2. The first-order valence-corrected chi connectivity index (χ1v) is 10.0. The van der Waals surface area contributed by atoms with E-state index in [0.717, 1.165) is 5.56 Å². The monoisotopic (exact) mass is 434 g/mol. The summed E-state index contributed by atoms with van der Waals surface area (Å²) in [5.74, 6) is -0.738. The second-order valence-corrected chi connectivity index (χ2v) is 7.65. The third kappa shape index (κ3) is 5.49. The molecule has 0 spiro atoms. The molecule has 8 heteroatoms. The molecule has 0 radical (unpaired) electrons. The summed E-state index contributed by atoms with van der Waals surface area (Å²) in [7, 11) is 1.27. The molecule has 1 unspecified atom stereocenters. The average molecular weight is 435 g/mol. The molecule has 30 heavy (non-hydrogen) atoms. The topological polar surface area (TPSA) is 59.1 Å². The molecular weight excluding hydrogens is 411 g/mol. The van der Waals surface area contributed by atoms with Crippen molar-refractivity contribution in [1.82, 2.24) is 9.80 Å². The molecule has 1 atom stereocenters. The predicted molar refractivity (Wildman–Crippen MR) is 111 cm³/mol. The maximum absolute atomic E-state index is 13.1. The molecule has 160 valence electrons. The van der Waals surface area contributed by atoms with Crippen molar-refractivity contribution in [2.24, 2.45) is 0 Å². The Morgan fingerprint density at radius 2 is 1.90 bits per heavy atom. The molecule has 1 amide bonds. The van der Waals surface area contributed by atoms with Gasteiger partial charge in [0, 0.05) is 37.2 Å². The van der Waals surface area contributed by atoms with Gasteiger partial charge in [-0.3, -0.25) is 9.69 Å². The Kier molecular flexibility index (Phi) is 7.29. The number of hydrogen-bond donors (Lipinski definition) is 0. The molecular formula is C22H24ClFN2O4. The lowest BCUT2D eigenvalue weighted by Gasteiger charge is -2.39. The Bertz CT molecular complexity index is 907. The predicted octanol–water partition coefficient (Wildman–Crippen LogP) is 3.38. The Balaban J connectivity index is 1.56. The summed E-state index contributed by atoms with van der Waals surface area (Å²) >= 11 is 5.94. The van der Waals surface area contributed by atoms with E-state index in [9.17, 15) is 14.0 Å². The minimum absolute atomic E-state index is 0.000550. The summed E-state index contributed by atoms with van der Waals surface area (Å²) in [5, 5.41) is 0.375. The maximum Gasteiger partial charge on any atom is 0.341 e. The molecule has 2 aromatic rings. The highest BCUT2D eigenvalue weighted by molar-refractivity contribution is 6.31. The number of nitrogens with zero attached hydrogens (tertiary/aromatic N) is 2. The van der Waals surface area contributed by atoms with Crippen LogP contribution in [0.15, 0.2) is 42.5 Å². The first-order valence-electron chi connectivity index (χ1n) is 9.64. The SMILES string of the molecule is COC(=O)c1cc(Cl)ccc1OCC(=O)N1CCN(Cc2ccc(F)cc2)CC1C. The number of benzene rings is 2. The van der Waals surface area contributed by atoms with Crippen molar-refractivity contribution < 1.29 is 23.5 Å². The van der Waals surface area contributed by atoms with Gasteiger partial charge < -0.3 is 14.4 Å². The number of hydrogen-bond acceptors (Lipinski definition) is 5. The lowest BCUT2D eigenvalue weighted by molar-refractivity contribution is -0.138. The van der Waals surface area contributed by atoms with Crippen LogP contribution in [0.1, 0.15) is 22.8 Å². The summed E-state index contributed by atoms with van der Waals surface area (Å²) < 4.78 is 23.4. The van der Waals surface area contributed by atoms with Crippen LogP contribution in [0.3, 0.4) is 0 Å². The van der Waals surface area contributed by atoms with E-state index < -0.39 is 5.97 Å². The second kappa shape index (κ2) is 9.91. The Labute approximate surface area is 180 Å². The molecule has 0 aromatic heterocycles. The van der Waals surface area contributed by atoms with E-state index >= 15 is 0 Å².